The van der Waals surface area contributed by atoms with Gasteiger partial charge in [-0.05, 0) is 13.3 Å². The molecule has 1 aliphatic heterocycles. The van der Waals surface area contributed by atoms with Crippen molar-refractivity contribution in [1.29, 1.82) is 0 Å². The van der Waals surface area contributed by atoms with Gasteiger partial charge in [0.25, 0.3) is 0 Å². The van der Waals surface area contributed by atoms with Crippen molar-refractivity contribution in [2.24, 2.45) is 7.05 Å². The van der Waals surface area contributed by atoms with Crippen LogP contribution in [0.25, 0.3) is 0 Å². The molecule has 5 nitrogen and oxygen atoms in total. The Labute approximate surface area is 103 Å². The van der Waals surface area contributed by atoms with Crippen molar-refractivity contribution in [3.8, 4) is 0 Å². The van der Waals surface area contributed by atoms with Gasteiger partial charge >= 0.3 is 0 Å². The minimum absolute atomic E-state index is 0.574. The first kappa shape index (κ1) is 12.5. The molecule has 0 saturated carbocycles. The van der Waals surface area contributed by atoms with Gasteiger partial charge in [0, 0.05) is 45.0 Å². The number of aromatic nitrogens is 3. The molecule has 0 amide bonds. The number of piperazine rings is 1. The Morgan fingerprint density at radius 1 is 1.53 bits per heavy atom. The van der Waals surface area contributed by atoms with E-state index >= 15 is 0 Å². The van der Waals surface area contributed by atoms with E-state index in [0.717, 1.165) is 25.3 Å². The van der Waals surface area contributed by atoms with E-state index in [1.165, 1.54) is 12.8 Å². The van der Waals surface area contributed by atoms with Crippen LogP contribution in [-0.4, -0.2) is 45.1 Å². The quantitative estimate of drug-likeness (QED) is 0.840. The van der Waals surface area contributed by atoms with E-state index in [9.17, 15) is 0 Å². The van der Waals surface area contributed by atoms with Crippen LogP contribution in [0.2, 0.25) is 0 Å². The Kier molecular flexibility index (Phi) is 4.12. The van der Waals surface area contributed by atoms with Gasteiger partial charge in [0.05, 0.1) is 5.69 Å². The van der Waals surface area contributed by atoms with Crippen LogP contribution < -0.4 is 5.32 Å². The molecule has 1 aromatic rings. The first-order chi connectivity index (χ1) is 8.19. The van der Waals surface area contributed by atoms with Gasteiger partial charge in [-0.3, -0.25) is 9.58 Å². The fraction of sp³-hybridized carbons (Fsp3) is 0.833. The summed E-state index contributed by atoms with van der Waals surface area (Å²) in [6, 6.07) is 1.21. The highest BCUT2D eigenvalue weighted by molar-refractivity contribution is 4.94. The minimum atomic E-state index is 0.574. The molecule has 96 valence electrons. The lowest BCUT2D eigenvalue weighted by Crippen LogP contribution is -2.54. The van der Waals surface area contributed by atoms with E-state index in [2.05, 4.69) is 34.4 Å². The molecule has 2 atom stereocenters. The van der Waals surface area contributed by atoms with Crippen LogP contribution in [-0.2, 0) is 13.6 Å². The lowest BCUT2D eigenvalue weighted by molar-refractivity contribution is 0.128. The molecule has 1 saturated heterocycles. The van der Waals surface area contributed by atoms with Gasteiger partial charge in [-0.15, -0.1) is 5.10 Å². The van der Waals surface area contributed by atoms with Gasteiger partial charge in [-0.1, -0.05) is 18.6 Å². The third kappa shape index (κ3) is 3.26. The average molecular weight is 237 g/mol. The lowest BCUT2D eigenvalue weighted by atomic mass is 10.1. The summed E-state index contributed by atoms with van der Waals surface area (Å²) in [7, 11) is 1.91. The van der Waals surface area contributed by atoms with Crippen molar-refractivity contribution in [1.82, 2.24) is 25.2 Å². The van der Waals surface area contributed by atoms with Crippen LogP contribution in [0, 0.1) is 0 Å². The van der Waals surface area contributed by atoms with Gasteiger partial charge < -0.3 is 5.32 Å². The maximum absolute atomic E-state index is 4.17. The Hall–Kier alpha value is -0.940. The zero-order valence-corrected chi connectivity index (χ0v) is 11.1. The summed E-state index contributed by atoms with van der Waals surface area (Å²) in [6.45, 7) is 7.62. The van der Waals surface area contributed by atoms with E-state index in [-0.39, 0.29) is 0 Å². The summed E-state index contributed by atoms with van der Waals surface area (Å²) >= 11 is 0. The number of rotatable bonds is 4. The molecule has 1 N–H and O–H groups in total. The highest BCUT2D eigenvalue weighted by atomic mass is 15.4. The molecule has 17 heavy (non-hydrogen) atoms. The molecule has 0 spiro atoms. The lowest BCUT2D eigenvalue weighted by Gasteiger charge is -2.38. The monoisotopic (exact) mass is 237 g/mol. The summed E-state index contributed by atoms with van der Waals surface area (Å²) in [4.78, 5) is 2.50. The molecule has 1 aromatic heterocycles. The topological polar surface area (TPSA) is 46.0 Å². The first-order valence-electron chi connectivity index (χ1n) is 6.51. The second-order valence-electron chi connectivity index (χ2n) is 5.06. The van der Waals surface area contributed by atoms with Crippen molar-refractivity contribution < 1.29 is 0 Å². The van der Waals surface area contributed by atoms with Crippen molar-refractivity contribution in [2.75, 3.05) is 13.1 Å². The molecular weight excluding hydrogens is 214 g/mol. The molecule has 1 fully saturated rings. The van der Waals surface area contributed by atoms with Crippen molar-refractivity contribution in [2.45, 2.75) is 45.3 Å². The van der Waals surface area contributed by atoms with Gasteiger partial charge in [-0.2, -0.15) is 0 Å². The SMILES string of the molecule is CCCC1CN(Cc2cn(C)nn2)C(C)CN1. The third-order valence-corrected chi connectivity index (χ3v) is 3.43. The largest absolute Gasteiger partial charge is 0.311 e. The molecule has 0 aromatic carbocycles. The minimum Gasteiger partial charge on any atom is -0.311 e. The molecule has 0 radical (unpaired) electrons. The van der Waals surface area contributed by atoms with Gasteiger partial charge in [0.2, 0.25) is 0 Å². The summed E-state index contributed by atoms with van der Waals surface area (Å²) in [5.41, 5.74) is 1.07. The fourth-order valence-corrected chi connectivity index (χ4v) is 2.43. The predicted molar refractivity (Wildman–Crippen MR) is 67.6 cm³/mol. The molecule has 2 heterocycles. The molecule has 1 aliphatic rings. The third-order valence-electron chi connectivity index (χ3n) is 3.43. The molecule has 5 heteroatoms. The van der Waals surface area contributed by atoms with E-state index in [0.29, 0.717) is 12.1 Å². The summed E-state index contributed by atoms with van der Waals surface area (Å²) < 4.78 is 1.77. The van der Waals surface area contributed by atoms with Crippen LogP contribution in [0.5, 0.6) is 0 Å². The number of hydrogen-bond acceptors (Lipinski definition) is 4. The Morgan fingerprint density at radius 3 is 3.00 bits per heavy atom. The highest BCUT2D eigenvalue weighted by Crippen LogP contribution is 2.13. The maximum Gasteiger partial charge on any atom is 0.0967 e. The fourth-order valence-electron chi connectivity index (χ4n) is 2.43. The van der Waals surface area contributed by atoms with Crippen LogP contribution in [0.1, 0.15) is 32.4 Å². The molecule has 0 aliphatic carbocycles. The Bertz CT molecular complexity index is 348. The Morgan fingerprint density at radius 2 is 2.35 bits per heavy atom. The zero-order chi connectivity index (χ0) is 12.3. The summed E-state index contributed by atoms with van der Waals surface area (Å²) in [5, 5.41) is 11.8. The number of nitrogens with one attached hydrogen (secondary N) is 1. The van der Waals surface area contributed by atoms with Gasteiger partial charge in [0.1, 0.15) is 0 Å². The summed E-state index contributed by atoms with van der Waals surface area (Å²) in [5.74, 6) is 0. The molecule has 0 bridgehead atoms. The number of aryl methyl sites for hydroxylation is 1. The first-order valence-corrected chi connectivity index (χ1v) is 6.51. The second-order valence-corrected chi connectivity index (χ2v) is 5.06. The smallest absolute Gasteiger partial charge is 0.0967 e. The van der Waals surface area contributed by atoms with E-state index in [1.54, 1.807) is 4.68 Å². The molecular formula is C12H23N5. The van der Waals surface area contributed by atoms with Crippen LogP contribution in [0.4, 0.5) is 0 Å². The normalized spacial score (nSPS) is 26.3. The number of hydrogen-bond donors (Lipinski definition) is 1. The van der Waals surface area contributed by atoms with E-state index in [1.807, 2.05) is 13.2 Å². The Balaban J connectivity index is 1.93. The second kappa shape index (κ2) is 5.60. The van der Waals surface area contributed by atoms with Crippen LogP contribution in [0.15, 0.2) is 6.20 Å². The van der Waals surface area contributed by atoms with Gasteiger partial charge in [-0.25, -0.2) is 0 Å². The maximum atomic E-state index is 4.17. The van der Waals surface area contributed by atoms with Gasteiger partial charge in [0.15, 0.2) is 0 Å². The predicted octanol–water partition coefficient (Wildman–Crippen LogP) is 0.777. The van der Waals surface area contributed by atoms with Crippen molar-refractivity contribution in [3.05, 3.63) is 11.9 Å². The van der Waals surface area contributed by atoms with E-state index in [4.69, 9.17) is 0 Å². The van der Waals surface area contributed by atoms with Crippen LogP contribution in [0.3, 0.4) is 0 Å². The van der Waals surface area contributed by atoms with Crippen molar-refractivity contribution >= 4 is 0 Å². The highest BCUT2D eigenvalue weighted by Gasteiger charge is 2.24. The standard InChI is InChI=1S/C12H23N5/c1-4-5-11-8-17(10(2)6-13-11)9-12-7-16(3)15-14-12/h7,10-11,13H,4-6,8-9H2,1-3H3. The average Bonchev–Trinajstić information content (AvgIpc) is 2.69. The molecule has 2 rings (SSSR count). The summed E-state index contributed by atoms with van der Waals surface area (Å²) in [6.07, 6.45) is 4.50. The van der Waals surface area contributed by atoms with Crippen molar-refractivity contribution in [3.63, 3.8) is 0 Å². The van der Waals surface area contributed by atoms with Crippen LogP contribution >= 0.6 is 0 Å². The van der Waals surface area contributed by atoms with E-state index < -0.39 is 0 Å². The number of nitrogens with zero attached hydrogens (tertiary/aromatic N) is 4. The molecule has 2 unspecified atom stereocenters. The zero-order valence-electron chi connectivity index (χ0n) is 11.1.